The maximum Gasteiger partial charge on any atom is 0 e. The van der Waals surface area contributed by atoms with E-state index in [0.717, 1.165) is 0 Å². The van der Waals surface area contributed by atoms with Crippen LogP contribution in [0.4, 0.5) is 0 Å². The summed E-state index contributed by atoms with van der Waals surface area (Å²) in [6.07, 6.45) is 0. The van der Waals surface area contributed by atoms with Gasteiger partial charge in [0.25, 0.3) is 0 Å². The van der Waals surface area contributed by atoms with E-state index in [-0.39, 0.29) is 64.4 Å². The molecule has 0 aromatic carbocycles. The van der Waals surface area contributed by atoms with Crippen molar-refractivity contribution < 1.29 is 27.2 Å². The molecule has 0 saturated carbocycles. The first-order valence-corrected chi connectivity index (χ1v) is 0. The smallest absolute Gasteiger partial charge is 0 e. The van der Waals surface area contributed by atoms with Gasteiger partial charge in [-0.3, -0.25) is 0 Å². The molecule has 0 aliphatic rings. The average Bonchev–Trinajstić information content (AvgIpc) is 0. The van der Waals surface area contributed by atoms with E-state index >= 15 is 0 Å². The molecule has 0 unspecified atom stereocenters. The molecular formula is H5Cl3OTi. The van der Waals surface area contributed by atoms with Crippen LogP contribution in [-0.2, 0) is 21.7 Å². The normalized spacial score (nSPS) is 0. The van der Waals surface area contributed by atoms with E-state index in [1.807, 2.05) is 0 Å². The van der Waals surface area contributed by atoms with Crippen LogP contribution in [0, 0.1) is 0 Å². The fraction of sp³-hybridized carbons (Fsp3) is 0. The van der Waals surface area contributed by atoms with Crippen LogP contribution in [0.2, 0.25) is 0 Å². The number of rotatable bonds is 0. The Labute approximate surface area is 64.3 Å². The molecule has 0 saturated heterocycles. The number of halogens is 3. The van der Waals surface area contributed by atoms with Crippen LogP contribution in [-0.4, -0.2) is 5.48 Å². The Kier molecular flexibility index (Phi) is 810. The molecule has 0 fully saturated rings. The molecule has 5 heteroatoms. The Morgan fingerprint density at radius 2 is 0.600 bits per heavy atom. The van der Waals surface area contributed by atoms with Crippen molar-refractivity contribution in [3.63, 3.8) is 0 Å². The van der Waals surface area contributed by atoms with Gasteiger partial charge >= 0.3 is 0 Å². The summed E-state index contributed by atoms with van der Waals surface area (Å²) in [5.41, 5.74) is 0. The monoisotopic (exact) mass is 174 g/mol. The van der Waals surface area contributed by atoms with Crippen molar-refractivity contribution >= 4 is 37.2 Å². The minimum absolute atomic E-state index is 0. The molecule has 1 nitrogen and oxygen atoms in total. The largest absolute Gasteiger partial charge is 0.412 e. The quantitative estimate of drug-likeness (QED) is 0.478. The van der Waals surface area contributed by atoms with Crippen LogP contribution in [0.3, 0.4) is 0 Å². The molecule has 0 aromatic heterocycles. The van der Waals surface area contributed by atoms with E-state index in [9.17, 15) is 0 Å². The maximum absolute atomic E-state index is 0. The number of hydrogen-bond acceptors (Lipinski definition) is 0. The van der Waals surface area contributed by atoms with Gasteiger partial charge in [-0.25, -0.2) is 0 Å². The van der Waals surface area contributed by atoms with Crippen molar-refractivity contribution in [3.05, 3.63) is 0 Å². The van der Waals surface area contributed by atoms with Gasteiger partial charge in [-0.05, 0) is 0 Å². The van der Waals surface area contributed by atoms with Gasteiger partial charge in [0, 0.05) is 21.7 Å². The van der Waals surface area contributed by atoms with Crippen LogP contribution in [0.25, 0.3) is 0 Å². The Balaban J connectivity index is 0. The van der Waals surface area contributed by atoms with E-state index in [0.29, 0.717) is 0 Å². The van der Waals surface area contributed by atoms with E-state index in [1.165, 1.54) is 0 Å². The second-order valence-corrected chi connectivity index (χ2v) is 0. The zero-order chi connectivity index (χ0) is 0. The van der Waals surface area contributed by atoms with Crippen molar-refractivity contribution in [2.45, 2.75) is 0 Å². The van der Waals surface area contributed by atoms with Crippen molar-refractivity contribution in [3.8, 4) is 0 Å². The summed E-state index contributed by atoms with van der Waals surface area (Å²) < 4.78 is 0. The third kappa shape index (κ3) is 29.2. The van der Waals surface area contributed by atoms with Gasteiger partial charge < -0.3 is 5.48 Å². The third-order valence-electron chi connectivity index (χ3n) is 0. The zero-order valence-electron chi connectivity index (χ0n) is 2.22. The molecule has 0 aliphatic heterocycles. The fourth-order valence-corrected chi connectivity index (χ4v) is 0. The Bertz CT molecular complexity index is 6.85. The van der Waals surface area contributed by atoms with Gasteiger partial charge in [-0.2, -0.15) is 0 Å². The van der Waals surface area contributed by atoms with Gasteiger partial charge in [-0.1, -0.05) is 0 Å². The first-order chi connectivity index (χ1) is 0. The fourth-order valence-electron chi connectivity index (χ4n) is 0. The average molecular weight is 175 g/mol. The van der Waals surface area contributed by atoms with E-state index in [4.69, 9.17) is 0 Å². The molecule has 0 bridgehead atoms. The van der Waals surface area contributed by atoms with Crippen molar-refractivity contribution in [1.29, 1.82) is 0 Å². The molecule has 0 spiro atoms. The molecule has 36 valence electrons. The minimum Gasteiger partial charge on any atom is -0.412 e. The summed E-state index contributed by atoms with van der Waals surface area (Å²) >= 11 is 0. The summed E-state index contributed by atoms with van der Waals surface area (Å²) in [5.74, 6) is 0. The Morgan fingerprint density at radius 1 is 0.600 bits per heavy atom. The second kappa shape index (κ2) is 48.0. The number of hydrogen-bond donors (Lipinski definition) is 0. The molecule has 0 atom stereocenters. The molecule has 2 N–H and O–H groups in total. The minimum atomic E-state index is 0. The van der Waals surface area contributed by atoms with Gasteiger partial charge in [0.2, 0.25) is 0 Å². The predicted molar refractivity (Wildman–Crippen MR) is 25.4 cm³/mol. The topological polar surface area (TPSA) is 31.5 Å². The molecule has 0 rings (SSSR count). The van der Waals surface area contributed by atoms with E-state index in [2.05, 4.69) is 0 Å². The van der Waals surface area contributed by atoms with Crippen LogP contribution < -0.4 is 0 Å². The molecule has 0 radical (unpaired) electrons. The molecular weight excluding hydrogens is 170 g/mol. The van der Waals surface area contributed by atoms with Crippen LogP contribution in [0.5, 0.6) is 0 Å². The van der Waals surface area contributed by atoms with Gasteiger partial charge in [0.05, 0.1) is 0 Å². The standard InChI is InChI=1S/3ClH.H2O.Ti/h3*1H;1H2;. The molecule has 0 aliphatic carbocycles. The van der Waals surface area contributed by atoms with Crippen LogP contribution in [0.1, 0.15) is 0 Å². The molecule has 5 heavy (non-hydrogen) atoms. The van der Waals surface area contributed by atoms with Crippen LogP contribution >= 0.6 is 37.2 Å². The van der Waals surface area contributed by atoms with Crippen molar-refractivity contribution in [2.75, 3.05) is 0 Å². The van der Waals surface area contributed by atoms with Crippen LogP contribution in [0.15, 0.2) is 0 Å². The molecule has 0 amide bonds. The third-order valence-corrected chi connectivity index (χ3v) is 0. The SMILES string of the molecule is Cl.Cl.Cl.O.[Ti]. The first-order valence-electron chi connectivity index (χ1n) is 0. The van der Waals surface area contributed by atoms with Crippen molar-refractivity contribution in [2.24, 2.45) is 0 Å². The summed E-state index contributed by atoms with van der Waals surface area (Å²) in [4.78, 5) is 0. The summed E-state index contributed by atoms with van der Waals surface area (Å²) in [7, 11) is 0. The summed E-state index contributed by atoms with van der Waals surface area (Å²) in [6, 6.07) is 0. The van der Waals surface area contributed by atoms with Crippen molar-refractivity contribution in [1.82, 2.24) is 0 Å². The maximum atomic E-state index is 0. The van der Waals surface area contributed by atoms with Gasteiger partial charge in [0.1, 0.15) is 0 Å². The summed E-state index contributed by atoms with van der Waals surface area (Å²) in [6.45, 7) is 0. The van der Waals surface area contributed by atoms with E-state index in [1.54, 1.807) is 0 Å². The summed E-state index contributed by atoms with van der Waals surface area (Å²) in [5, 5.41) is 0. The van der Waals surface area contributed by atoms with Gasteiger partial charge in [0.15, 0.2) is 0 Å². The molecule has 0 aromatic rings. The molecule has 0 heterocycles. The first kappa shape index (κ1) is 84.4. The van der Waals surface area contributed by atoms with E-state index < -0.39 is 0 Å². The van der Waals surface area contributed by atoms with Gasteiger partial charge in [-0.15, -0.1) is 37.2 Å². The predicted octanol–water partition coefficient (Wildman–Crippen LogP) is 0.438. The Hall–Kier alpha value is 1.54. The second-order valence-electron chi connectivity index (χ2n) is 0. The zero-order valence-corrected chi connectivity index (χ0v) is 6.24. The Morgan fingerprint density at radius 3 is 0.600 bits per heavy atom.